The summed E-state index contributed by atoms with van der Waals surface area (Å²) in [6.07, 6.45) is 5.05. The number of alkyl halides is 1. The third-order valence-corrected chi connectivity index (χ3v) is 6.41. The highest BCUT2D eigenvalue weighted by Crippen LogP contribution is 2.29. The molecule has 1 aliphatic heterocycles. The summed E-state index contributed by atoms with van der Waals surface area (Å²) in [4.78, 5) is 0. The van der Waals surface area contributed by atoms with Crippen LogP contribution in [0.3, 0.4) is 0 Å². The zero-order valence-electron chi connectivity index (χ0n) is 11.0. The van der Waals surface area contributed by atoms with Crippen LogP contribution in [0.4, 0.5) is 0 Å². The van der Waals surface area contributed by atoms with Crippen LogP contribution in [0.5, 0.6) is 0 Å². The molecule has 0 atom stereocenters. The number of rotatable bonds is 5. The molecule has 2 aliphatic rings. The van der Waals surface area contributed by atoms with Crippen molar-refractivity contribution in [1.82, 2.24) is 8.61 Å². The van der Waals surface area contributed by atoms with Crippen molar-refractivity contribution in [3.63, 3.8) is 0 Å². The average molecular weight is 295 g/mol. The van der Waals surface area contributed by atoms with E-state index in [0.29, 0.717) is 31.4 Å². The highest BCUT2D eigenvalue weighted by atomic mass is 35.5. The Morgan fingerprint density at radius 3 is 2.28 bits per heavy atom. The molecular formula is C12H23ClN2O2S. The van der Waals surface area contributed by atoms with Gasteiger partial charge in [0.05, 0.1) is 0 Å². The van der Waals surface area contributed by atoms with Crippen LogP contribution in [0.25, 0.3) is 0 Å². The summed E-state index contributed by atoms with van der Waals surface area (Å²) >= 11 is 5.76. The first-order valence-electron chi connectivity index (χ1n) is 6.88. The van der Waals surface area contributed by atoms with Crippen molar-refractivity contribution < 1.29 is 8.42 Å². The molecule has 0 spiro atoms. The fraction of sp³-hybridized carbons (Fsp3) is 1.00. The van der Waals surface area contributed by atoms with E-state index in [1.54, 1.807) is 8.61 Å². The number of hydrogen-bond acceptors (Lipinski definition) is 2. The number of halogens is 1. The normalized spacial score (nSPS) is 24.4. The fourth-order valence-electron chi connectivity index (χ4n) is 2.61. The average Bonchev–Trinajstić information content (AvgIpc) is 2.26. The molecule has 1 saturated carbocycles. The Morgan fingerprint density at radius 2 is 1.83 bits per heavy atom. The quantitative estimate of drug-likeness (QED) is 0.728. The molecule has 18 heavy (non-hydrogen) atoms. The maximum atomic E-state index is 12.6. The molecule has 4 nitrogen and oxygen atoms in total. The van der Waals surface area contributed by atoms with E-state index >= 15 is 0 Å². The van der Waals surface area contributed by atoms with Gasteiger partial charge in [-0.1, -0.05) is 13.3 Å². The monoisotopic (exact) mass is 294 g/mol. The number of piperidine rings is 1. The lowest BCUT2D eigenvalue weighted by atomic mass is 9.93. The maximum absolute atomic E-state index is 12.6. The molecule has 1 saturated heterocycles. The van der Waals surface area contributed by atoms with Crippen molar-refractivity contribution in [1.29, 1.82) is 0 Å². The van der Waals surface area contributed by atoms with Gasteiger partial charge in [0.2, 0.25) is 0 Å². The van der Waals surface area contributed by atoms with Crippen molar-refractivity contribution in [3.05, 3.63) is 0 Å². The topological polar surface area (TPSA) is 40.6 Å². The van der Waals surface area contributed by atoms with E-state index < -0.39 is 10.2 Å². The van der Waals surface area contributed by atoms with Gasteiger partial charge in [-0.25, -0.2) is 0 Å². The Labute approximate surface area is 115 Å². The van der Waals surface area contributed by atoms with Crippen LogP contribution < -0.4 is 0 Å². The van der Waals surface area contributed by atoms with Crippen molar-refractivity contribution in [2.45, 2.75) is 45.1 Å². The molecule has 0 amide bonds. The minimum Gasteiger partial charge on any atom is -0.195 e. The van der Waals surface area contributed by atoms with E-state index in [4.69, 9.17) is 11.6 Å². The van der Waals surface area contributed by atoms with Crippen LogP contribution in [0, 0.1) is 5.92 Å². The van der Waals surface area contributed by atoms with Gasteiger partial charge in [-0.05, 0) is 31.6 Å². The largest absolute Gasteiger partial charge is 0.282 e. The summed E-state index contributed by atoms with van der Waals surface area (Å²) in [5.74, 6) is 1.02. The molecule has 0 bridgehead atoms. The lowest BCUT2D eigenvalue weighted by Gasteiger charge is -2.40. The second-order valence-corrected chi connectivity index (χ2v) is 7.73. The standard InChI is InChI=1S/C12H23ClN2O2S/c1-11-5-8-14(9-6-11)18(16,17)15(10-7-13)12-3-2-4-12/h11-12H,2-10H2,1H3. The fourth-order valence-corrected chi connectivity index (χ4v) is 4.77. The second-order valence-electron chi connectivity index (χ2n) is 5.47. The molecule has 0 aromatic rings. The second kappa shape index (κ2) is 6.07. The van der Waals surface area contributed by atoms with Gasteiger partial charge in [-0.3, -0.25) is 0 Å². The Bertz CT molecular complexity index is 362. The number of nitrogens with zero attached hydrogens (tertiary/aromatic N) is 2. The van der Waals surface area contributed by atoms with Crippen LogP contribution in [0.15, 0.2) is 0 Å². The van der Waals surface area contributed by atoms with Crippen molar-refractivity contribution in [3.8, 4) is 0 Å². The molecule has 2 fully saturated rings. The van der Waals surface area contributed by atoms with Gasteiger partial charge in [0.1, 0.15) is 0 Å². The van der Waals surface area contributed by atoms with Gasteiger partial charge in [-0.15, -0.1) is 11.6 Å². The summed E-state index contributed by atoms with van der Waals surface area (Å²) in [6.45, 7) is 3.96. The molecule has 106 valence electrons. The summed E-state index contributed by atoms with van der Waals surface area (Å²) in [5, 5.41) is 0. The van der Waals surface area contributed by atoms with Crippen LogP contribution in [-0.2, 0) is 10.2 Å². The Kier molecular flexibility index (Phi) is 4.92. The Hall–Kier alpha value is 0.160. The molecule has 0 unspecified atom stereocenters. The zero-order chi connectivity index (χ0) is 13.2. The summed E-state index contributed by atoms with van der Waals surface area (Å²) in [5.41, 5.74) is 0. The van der Waals surface area contributed by atoms with Gasteiger partial charge in [-0.2, -0.15) is 17.0 Å². The van der Waals surface area contributed by atoms with E-state index in [9.17, 15) is 8.42 Å². The van der Waals surface area contributed by atoms with Crippen LogP contribution >= 0.6 is 11.6 Å². The zero-order valence-corrected chi connectivity index (χ0v) is 12.6. The van der Waals surface area contributed by atoms with E-state index in [1.807, 2.05) is 0 Å². The lowest BCUT2D eigenvalue weighted by Crippen LogP contribution is -2.53. The molecule has 1 heterocycles. The summed E-state index contributed by atoms with van der Waals surface area (Å²) < 4.78 is 28.5. The first-order chi connectivity index (χ1) is 8.55. The van der Waals surface area contributed by atoms with Crippen LogP contribution in [-0.4, -0.2) is 48.6 Å². The predicted molar refractivity (Wildman–Crippen MR) is 74.0 cm³/mol. The highest BCUT2D eigenvalue weighted by molar-refractivity contribution is 7.86. The SMILES string of the molecule is CC1CCN(S(=O)(=O)N(CCCl)C2CCC2)CC1. The molecule has 6 heteroatoms. The molecule has 0 radical (unpaired) electrons. The number of hydrogen-bond donors (Lipinski definition) is 0. The molecule has 2 rings (SSSR count). The van der Waals surface area contributed by atoms with E-state index in [2.05, 4.69) is 6.92 Å². The van der Waals surface area contributed by atoms with Gasteiger partial charge in [0.25, 0.3) is 10.2 Å². The smallest absolute Gasteiger partial charge is 0.195 e. The van der Waals surface area contributed by atoms with E-state index in [-0.39, 0.29) is 6.04 Å². The lowest BCUT2D eigenvalue weighted by molar-refractivity contribution is 0.199. The third kappa shape index (κ3) is 3.00. The van der Waals surface area contributed by atoms with Crippen LogP contribution in [0.2, 0.25) is 0 Å². The first-order valence-corrected chi connectivity index (χ1v) is 8.81. The van der Waals surface area contributed by atoms with Gasteiger partial charge >= 0.3 is 0 Å². The summed E-state index contributed by atoms with van der Waals surface area (Å²) in [7, 11) is -3.29. The van der Waals surface area contributed by atoms with Gasteiger partial charge in [0, 0.05) is 31.6 Å². The maximum Gasteiger partial charge on any atom is 0.282 e. The molecule has 1 aliphatic carbocycles. The van der Waals surface area contributed by atoms with Gasteiger partial charge in [0.15, 0.2) is 0 Å². The minimum absolute atomic E-state index is 0.188. The molecule has 0 N–H and O–H groups in total. The molecule has 0 aromatic carbocycles. The van der Waals surface area contributed by atoms with Crippen molar-refractivity contribution in [2.75, 3.05) is 25.5 Å². The van der Waals surface area contributed by atoms with Crippen LogP contribution in [0.1, 0.15) is 39.0 Å². The Morgan fingerprint density at radius 1 is 1.22 bits per heavy atom. The first kappa shape index (κ1) is 14.6. The minimum atomic E-state index is -3.29. The van der Waals surface area contributed by atoms with E-state index in [0.717, 1.165) is 32.1 Å². The molecular weight excluding hydrogens is 272 g/mol. The summed E-state index contributed by atoms with van der Waals surface area (Å²) in [6, 6.07) is 0.188. The van der Waals surface area contributed by atoms with Gasteiger partial charge < -0.3 is 0 Å². The molecule has 0 aromatic heterocycles. The third-order valence-electron chi connectivity index (χ3n) is 4.15. The Balaban J connectivity index is 2.06. The van der Waals surface area contributed by atoms with E-state index in [1.165, 1.54) is 0 Å². The van der Waals surface area contributed by atoms with Crippen molar-refractivity contribution in [2.24, 2.45) is 5.92 Å². The highest BCUT2D eigenvalue weighted by Gasteiger charge is 2.38. The predicted octanol–water partition coefficient (Wildman–Crippen LogP) is 2.06. The van der Waals surface area contributed by atoms with Crippen molar-refractivity contribution >= 4 is 21.8 Å².